The molecular formula is C28H33FN2O2S. The number of fused-ring (bicyclic) bond motifs is 1. The van der Waals surface area contributed by atoms with Crippen molar-refractivity contribution >= 4 is 11.5 Å². The van der Waals surface area contributed by atoms with Crippen molar-refractivity contribution < 1.29 is 13.9 Å². The molecule has 1 saturated carbocycles. The fraction of sp³-hybridized carbons (Fsp3) is 0.500. The Labute approximate surface area is 205 Å². The summed E-state index contributed by atoms with van der Waals surface area (Å²) in [6.45, 7) is 0.345. The minimum atomic E-state index is -0.203. The van der Waals surface area contributed by atoms with Gasteiger partial charge in [0.1, 0.15) is 16.6 Å². The van der Waals surface area contributed by atoms with Crippen molar-refractivity contribution in [3.05, 3.63) is 70.2 Å². The summed E-state index contributed by atoms with van der Waals surface area (Å²) < 4.78 is 28.5. The first kappa shape index (κ1) is 23.3. The summed E-state index contributed by atoms with van der Waals surface area (Å²) in [4.78, 5) is 4.74. The second-order valence-electron chi connectivity index (χ2n) is 9.77. The van der Waals surface area contributed by atoms with Crippen molar-refractivity contribution in [2.24, 2.45) is 11.8 Å². The molecule has 0 spiro atoms. The van der Waals surface area contributed by atoms with Gasteiger partial charge in [0.05, 0.1) is 0 Å². The van der Waals surface area contributed by atoms with Gasteiger partial charge in [-0.1, -0.05) is 56.7 Å². The molecule has 0 amide bonds. The molecule has 4 nitrogen and oxygen atoms in total. The zero-order valence-electron chi connectivity index (χ0n) is 19.7. The van der Waals surface area contributed by atoms with Crippen LogP contribution >= 0.6 is 11.5 Å². The van der Waals surface area contributed by atoms with Crippen LogP contribution in [-0.4, -0.2) is 16.2 Å². The van der Waals surface area contributed by atoms with Gasteiger partial charge < -0.3 is 9.47 Å². The molecule has 0 N–H and O–H groups in total. The number of rotatable bonds is 9. The summed E-state index contributed by atoms with van der Waals surface area (Å²) in [5.41, 5.74) is 2.41. The second kappa shape index (κ2) is 11.3. The molecule has 2 aromatic carbocycles. The first-order valence-electron chi connectivity index (χ1n) is 12.7. The summed E-state index contributed by atoms with van der Waals surface area (Å²) >= 11 is 1.53. The largest absolute Gasteiger partial charge is 0.454 e. The highest BCUT2D eigenvalue weighted by Crippen LogP contribution is 2.35. The summed E-state index contributed by atoms with van der Waals surface area (Å²) in [6.07, 6.45) is 13.4. The van der Waals surface area contributed by atoms with Crippen molar-refractivity contribution in [3.8, 4) is 11.5 Å². The van der Waals surface area contributed by atoms with E-state index in [1.807, 2.05) is 18.2 Å². The van der Waals surface area contributed by atoms with Gasteiger partial charge in [0.2, 0.25) is 6.79 Å². The number of hydrogen-bond donors (Lipinski definition) is 0. The van der Waals surface area contributed by atoms with Crippen LogP contribution in [0.2, 0.25) is 0 Å². The zero-order chi connectivity index (χ0) is 23.2. The van der Waals surface area contributed by atoms with Gasteiger partial charge in [0, 0.05) is 12.8 Å². The van der Waals surface area contributed by atoms with Gasteiger partial charge in [-0.15, -0.1) is 0 Å². The predicted octanol–water partition coefficient (Wildman–Crippen LogP) is 7.15. The van der Waals surface area contributed by atoms with Crippen LogP contribution < -0.4 is 9.47 Å². The quantitative estimate of drug-likeness (QED) is 0.305. The highest BCUT2D eigenvalue weighted by Gasteiger charge is 2.20. The molecular weight excluding hydrogens is 447 g/mol. The van der Waals surface area contributed by atoms with E-state index in [4.69, 9.17) is 14.5 Å². The lowest BCUT2D eigenvalue weighted by atomic mass is 9.91. The molecule has 0 saturated heterocycles. The number of aryl methyl sites for hydroxylation is 2. The van der Waals surface area contributed by atoms with E-state index in [0.717, 1.165) is 52.6 Å². The number of nitrogens with zero attached hydrogens (tertiary/aromatic N) is 2. The molecule has 2 unspecified atom stereocenters. The average Bonchev–Trinajstić information content (AvgIpc) is 3.44. The molecule has 1 fully saturated rings. The van der Waals surface area contributed by atoms with E-state index in [1.54, 1.807) is 0 Å². The Kier molecular flexibility index (Phi) is 7.74. The third-order valence-corrected chi connectivity index (χ3v) is 8.08. The lowest BCUT2D eigenvalue weighted by molar-refractivity contribution is 0.174. The van der Waals surface area contributed by atoms with Crippen molar-refractivity contribution in [2.45, 2.75) is 70.6 Å². The van der Waals surface area contributed by atoms with E-state index in [9.17, 15) is 4.39 Å². The van der Waals surface area contributed by atoms with E-state index in [-0.39, 0.29) is 5.82 Å². The molecule has 0 bridgehead atoms. The molecule has 2 aliphatic rings. The third kappa shape index (κ3) is 6.35. The Bertz CT molecular complexity index is 1070. The minimum absolute atomic E-state index is 0.203. The van der Waals surface area contributed by atoms with Crippen molar-refractivity contribution in [3.63, 3.8) is 0 Å². The molecule has 180 valence electrons. The highest BCUT2D eigenvalue weighted by molar-refractivity contribution is 7.05. The number of aromatic nitrogens is 2. The predicted molar refractivity (Wildman–Crippen MR) is 133 cm³/mol. The Hall–Kier alpha value is -2.47. The maximum atomic E-state index is 13.1. The lowest BCUT2D eigenvalue weighted by Gasteiger charge is -2.15. The molecule has 1 aromatic heterocycles. The van der Waals surface area contributed by atoms with Gasteiger partial charge in [-0.3, -0.25) is 0 Å². The van der Waals surface area contributed by atoms with Crippen LogP contribution in [0.25, 0.3) is 0 Å². The monoisotopic (exact) mass is 480 g/mol. The first-order valence-corrected chi connectivity index (χ1v) is 13.4. The maximum Gasteiger partial charge on any atom is 0.231 e. The fourth-order valence-electron chi connectivity index (χ4n) is 5.30. The normalized spacial score (nSPS) is 19.8. The highest BCUT2D eigenvalue weighted by atomic mass is 32.1. The van der Waals surface area contributed by atoms with Crippen molar-refractivity contribution in [1.82, 2.24) is 9.36 Å². The zero-order valence-corrected chi connectivity index (χ0v) is 20.5. The van der Waals surface area contributed by atoms with Crippen LogP contribution in [0.5, 0.6) is 11.5 Å². The Morgan fingerprint density at radius 3 is 2.47 bits per heavy atom. The van der Waals surface area contributed by atoms with Crippen LogP contribution in [0.15, 0.2) is 42.5 Å². The number of benzene rings is 2. The molecule has 2 heterocycles. The molecule has 6 heteroatoms. The molecule has 0 radical (unpaired) electrons. The Balaban J connectivity index is 1.02. The van der Waals surface area contributed by atoms with Gasteiger partial charge >= 0.3 is 0 Å². The third-order valence-electron chi connectivity index (χ3n) is 7.27. The first-order chi connectivity index (χ1) is 16.7. The van der Waals surface area contributed by atoms with Crippen LogP contribution in [-0.2, 0) is 19.3 Å². The van der Waals surface area contributed by atoms with Crippen LogP contribution in [0.1, 0.15) is 73.3 Å². The van der Waals surface area contributed by atoms with Gasteiger partial charge in [-0.25, -0.2) is 9.37 Å². The fourth-order valence-corrected chi connectivity index (χ4v) is 5.97. The SMILES string of the molecule is Fc1ccc(Cc2nsc(CCC3CCCC(CCCc4ccc5c(c4)OCO5)CC3)n2)cc1. The molecule has 5 rings (SSSR count). The Morgan fingerprint density at radius 1 is 0.853 bits per heavy atom. The number of hydrogen-bond acceptors (Lipinski definition) is 5. The summed E-state index contributed by atoms with van der Waals surface area (Å²) in [5, 5.41) is 1.14. The topological polar surface area (TPSA) is 44.2 Å². The molecule has 2 atom stereocenters. The molecule has 3 aromatic rings. The van der Waals surface area contributed by atoms with Crippen molar-refractivity contribution in [1.29, 1.82) is 0 Å². The second-order valence-corrected chi connectivity index (χ2v) is 10.6. The summed E-state index contributed by atoms with van der Waals surface area (Å²) in [5.74, 6) is 4.09. The maximum absolute atomic E-state index is 13.1. The average molecular weight is 481 g/mol. The van der Waals surface area contributed by atoms with E-state index in [2.05, 4.69) is 16.5 Å². The van der Waals surface area contributed by atoms with Gasteiger partial charge in [0.15, 0.2) is 11.5 Å². The standard InChI is InChI=1S/C28H33FN2O2S/c29-24-13-9-23(10-14-24)18-27-30-28(34-31-27)16-12-21-5-1-3-20(7-8-21)4-2-6-22-11-15-25-26(17-22)33-19-32-25/h9-11,13-15,17,20-21H,1-8,12,16,18-19H2. The lowest BCUT2D eigenvalue weighted by Crippen LogP contribution is -2.03. The molecule has 34 heavy (non-hydrogen) atoms. The minimum Gasteiger partial charge on any atom is -0.454 e. The summed E-state index contributed by atoms with van der Waals surface area (Å²) in [7, 11) is 0. The van der Waals surface area contributed by atoms with Crippen LogP contribution in [0.4, 0.5) is 4.39 Å². The van der Waals surface area contributed by atoms with E-state index >= 15 is 0 Å². The van der Waals surface area contributed by atoms with Crippen LogP contribution in [0.3, 0.4) is 0 Å². The van der Waals surface area contributed by atoms with Crippen molar-refractivity contribution in [2.75, 3.05) is 6.79 Å². The number of halogens is 1. The molecule has 1 aliphatic carbocycles. The van der Waals surface area contributed by atoms with E-state index in [1.165, 1.54) is 80.6 Å². The Morgan fingerprint density at radius 2 is 1.62 bits per heavy atom. The van der Waals surface area contributed by atoms with Gasteiger partial charge in [-0.2, -0.15) is 4.37 Å². The smallest absolute Gasteiger partial charge is 0.231 e. The molecule has 1 aliphatic heterocycles. The van der Waals surface area contributed by atoms with Gasteiger partial charge in [-0.05, 0) is 78.0 Å². The number of ether oxygens (including phenoxy) is 2. The summed E-state index contributed by atoms with van der Waals surface area (Å²) in [6, 6.07) is 13.0. The van der Waals surface area contributed by atoms with Gasteiger partial charge in [0.25, 0.3) is 0 Å². The van der Waals surface area contributed by atoms with Crippen LogP contribution in [0, 0.1) is 17.7 Å². The van der Waals surface area contributed by atoms with E-state index < -0.39 is 0 Å². The van der Waals surface area contributed by atoms with E-state index in [0.29, 0.717) is 13.2 Å².